The van der Waals surface area contributed by atoms with Gasteiger partial charge in [0.05, 0.1) is 11.0 Å². The Hall–Kier alpha value is -1.40. The van der Waals surface area contributed by atoms with E-state index >= 15 is 0 Å². The SMILES string of the molecule is CC(NC1=C[CH]CC=C1[N+](=O)[O-])C(O)O. The second-order valence-electron chi connectivity index (χ2n) is 3.24. The van der Waals surface area contributed by atoms with E-state index in [2.05, 4.69) is 5.32 Å². The number of aliphatic hydroxyl groups excluding tert-OH is 1. The summed E-state index contributed by atoms with van der Waals surface area (Å²) >= 11 is 0. The highest BCUT2D eigenvalue weighted by molar-refractivity contribution is 5.31. The van der Waals surface area contributed by atoms with Gasteiger partial charge in [-0.3, -0.25) is 10.1 Å². The Morgan fingerprint density at radius 1 is 1.60 bits per heavy atom. The molecule has 0 heterocycles. The van der Waals surface area contributed by atoms with Crippen LogP contribution < -0.4 is 5.32 Å². The van der Waals surface area contributed by atoms with Crippen molar-refractivity contribution in [1.29, 1.82) is 0 Å². The zero-order valence-electron chi connectivity index (χ0n) is 8.25. The lowest BCUT2D eigenvalue weighted by Crippen LogP contribution is -2.38. The van der Waals surface area contributed by atoms with E-state index in [1.54, 1.807) is 12.5 Å². The molecule has 1 unspecified atom stereocenters. The zero-order chi connectivity index (χ0) is 11.4. The Morgan fingerprint density at radius 2 is 2.27 bits per heavy atom. The molecule has 0 saturated heterocycles. The van der Waals surface area contributed by atoms with Gasteiger partial charge >= 0.3 is 0 Å². The van der Waals surface area contributed by atoms with Crippen molar-refractivity contribution < 1.29 is 15.1 Å². The van der Waals surface area contributed by atoms with Crippen LogP contribution in [0.25, 0.3) is 0 Å². The zero-order valence-corrected chi connectivity index (χ0v) is 8.25. The van der Waals surface area contributed by atoms with Crippen LogP contribution in [0, 0.1) is 16.5 Å². The molecule has 1 aliphatic carbocycles. The Morgan fingerprint density at radius 3 is 2.80 bits per heavy atom. The fourth-order valence-electron chi connectivity index (χ4n) is 1.18. The van der Waals surface area contributed by atoms with Gasteiger partial charge in [-0.2, -0.15) is 0 Å². The molecule has 1 rings (SSSR count). The third kappa shape index (κ3) is 3.03. The highest BCUT2D eigenvalue weighted by atomic mass is 16.6. The van der Waals surface area contributed by atoms with Gasteiger partial charge in [0.25, 0.3) is 5.70 Å². The summed E-state index contributed by atoms with van der Waals surface area (Å²) < 4.78 is 0. The molecule has 0 aromatic heterocycles. The highest BCUT2D eigenvalue weighted by Gasteiger charge is 2.22. The molecule has 6 nitrogen and oxygen atoms in total. The molecule has 0 spiro atoms. The fraction of sp³-hybridized carbons (Fsp3) is 0.444. The smallest absolute Gasteiger partial charge is 0.288 e. The van der Waals surface area contributed by atoms with Crippen molar-refractivity contribution in [2.75, 3.05) is 0 Å². The molecule has 0 bridgehead atoms. The normalized spacial score (nSPS) is 18.1. The van der Waals surface area contributed by atoms with Gasteiger partial charge in [-0.15, -0.1) is 0 Å². The minimum absolute atomic E-state index is 0.0370. The summed E-state index contributed by atoms with van der Waals surface area (Å²) in [7, 11) is 0. The Balaban J connectivity index is 2.72. The summed E-state index contributed by atoms with van der Waals surface area (Å²) in [5, 5.41) is 31.0. The molecule has 1 aliphatic rings. The first-order chi connectivity index (χ1) is 7.02. The lowest BCUT2D eigenvalue weighted by atomic mass is 10.1. The predicted molar refractivity (Wildman–Crippen MR) is 52.9 cm³/mol. The van der Waals surface area contributed by atoms with Crippen LogP contribution >= 0.6 is 0 Å². The van der Waals surface area contributed by atoms with Gasteiger partial charge in [0.2, 0.25) is 0 Å². The van der Waals surface area contributed by atoms with Crippen LogP contribution in [0.2, 0.25) is 0 Å². The van der Waals surface area contributed by atoms with Crippen molar-refractivity contribution in [3.8, 4) is 0 Å². The number of hydrogen-bond donors (Lipinski definition) is 3. The third-order valence-electron chi connectivity index (χ3n) is 2.03. The molecule has 0 amide bonds. The molecule has 0 fully saturated rings. The highest BCUT2D eigenvalue weighted by Crippen LogP contribution is 2.17. The maximum atomic E-state index is 10.6. The first kappa shape index (κ1) is 11.7. The van der Waals surface area contributed by atoms with E-state index in [4.69, 9.17) is 10.2 Å². The van der Waals surface area contributed by atoms with Crippen molar-refractivity contribution in [1.82, 2.24) is 5.32 Å². The lowest BCUT2D eigenvalue weighted by molar-refractivity contribution is -0.421. The summed E-state index contributed by atoms with van der Waals surface area (Å²) in [6.07, 6.45) is 3.75. The Labute approximate surface area is 87.1 Å². The lowest BCUT2D eigenvalue weighted by Gasteiger charge is -2.19. The largest absolute Gasteiger partial charge is 0.372 e. The minimum Gasteiger partial charge on any atom is -0.372 e. The molecule has 3 N–H and O–H groups in total. The van der Waals surface area contributed by atoms with Crippen molar-refractivity contribution in [2.24, 2.45) is 0 Å². The predicted octanol–water partition coefficient (Wildman–Crippen LogP) is -0.0723. The molecule has 0 saturated carbocycles. The van der Waals surface area contributed by atoms with Crippen LogP contribution in [-0.2, 0) is 0 Å². The second kappa shape index (κ2) is 4.90. The van der Waals surface area contributed by atoms with Gasteiger partial charge < -0.3 is 15.5 Å². The Kier molecular flexibility index (Phi) is 3.81. The first-order valence-electron chi connectivity index (χ1n) is 4.53. The molecule has 1 radical (unpaired) electrons. The molecular formula is C9H13N2O4. The fourth-order valence-corrected chi connectivity index (χ4v) is 1.18. The Bertz CT molecular complexity index is 309. The van der Waals surface area contributed by atoms with Crippen molar-refractivity contribution >= 4 is 0 Å². The minimum atomic E-state index is -1.55. The molecule has 83 valence electrons. The molecule has 0 aromatic carbocycles. The number of nitro groups is 1. The van der Waals surface area contributed by atoms with Gasteiger partial charge in [0.15, 0.2) is 6.29 Å². The van der Waals surface area contributed by atoms with Crippen LogP contribution in [0.5, 0.6) is 0 Å². The molecule has 15 heavy (non-hydrogen) atoms. The van der Waals surface area contributed by atoms with E-state index in [0.717, 1.165) is 0 Å². The number of aliphatic hydroxyl groups is 2. The van der Waals surface area contributed by atoms with Gasteiger partial charge in [-0.1, -0.05) is 6.08 Å². The quantitative estimate of drug-likeness (QED) is 0.345. The molecule has 0 aromatic rings. The van der Waals surface area contributed by atoms with Gasteiger partial charge in [0, 0.05) is 0 Å². The van der Waals surface area contributed by atoms with E-state index in [1.807, 2.05) is 0 Å². The maximum absolute atomic E-state index is 10.6. The number of nitrogens with one attached hydrogen (secondary N) is 1. The summed E-state index contributed by atoms with van der Waals surface area (Å²) in [5.41, 5.74) is 0.261. The average Bonchev–Trinajstić information content (AvgIpc) is 2.18. The third-order valence-corrected chi connectivity index (χ3v) is 2.03. The van der Waals surface area contributed by atoms with Crippen molar-refractivity contribution in [2.45, 2.75) is 25.7 Å². The van der Waals surface area contributed by atoms with Crippen molar-refractivity contribution in [3.63, 3.8) is 0 Å². The van der Waals surface area contributed by atoms with Crippen LogP contribution in [0.1, 0.15) is 13.3 Å². The molecular weight excluding hydrogens is 200 g/mol. The summed E-state index contributed by atoms with van der Waals surface area (Å²) in [6.45, 7) is 1.53. The number of nitrogens with zero attached hydrogens (tertiary/aromatic N) is 1. The van der Waals surface area contributed by atoms with Gasteiger partial charge in [0.1, 0.15) is 5.70 Å². The maximum Gasteiger partial charge on any atom is 0.288 e. The number of rotatable bonds is 4. The van der Waals surface area contributed by atoms with Gasteiger partial charge in [-0.25, -0.2) is 0 Å². The second-order valence-corrected chi connectivity index (χ2v) is 3.24. The topological polar surface area (TPSA) is 95.6 Å². The number of allylic oxidation sites excluding steroid dienone is 2. The molecule has 6 heteroatoms. The van der Waals surface area contributed by atoms with Crippen LogP contribution in [0.15, 0.2) is 23.5 Å². The monoisotopic (exact) mass is 213 g/mol. The van der Waals surface area contributed by atoms with E-state index in [-0.39, 0.29) is 5.70 Å². The van der Waals surface area contributed by atoms with E-state index in [9.17, 15) is 10.1 Å². The van der Waals surface area contributed by atoms with Crippen LogP contribution in [0.3, 0.4) is 0 Å². The number of hydrogen-bond acceptors (Lipinski definition) is 5. The summed E-state index contributed by atoms with van der Waals surface area (Å²) in [6, 6.07) is -0.661. The summed E-state index contributed by atoms with van der Waals surface area (Å²) in [5.74, 6) is 0. The molecule has 0 aliphatic heterocycles. The van der Waals surface area contributed by atoms with Crippen LogP contribution in [-0.4, -0.2) is 27.5 Å². The summed E-state index contributed by atoms with van der Waals surface area (Å²) in [4.78, 5) is 10.1. The van der Waals surface area contributed by atoms with Crippen molar-refractivity contribution in [3.05, 3.63) is 40.1 Å². The van der Waals surface area contributed by atoms with E-state index in [1.165, 1.54) is 13.0 Å². The average molecular weight is 213 g/mol. The standard InChI is InChI=1S/C9H13N2O4/c1-6(9(12)13)10-7-4-2-3-5-8(7)11(14)15/h2,4-6,9-10,12-13H,3H2,1H3. The first-order valence-corrected chi connectivity index (χ1v) is 4.53. The van der Waals surface area contributed by atoms with Crippen LogP contribution in [0.4, 0.5) is 0 Å². The molecule has 1 atom stereocenters. The van der Waals surface area contributed by atoms with Gasteiger partial charge in [-0.05, 0) is 25.8 Å². The van der Waals surface area contributed by atoms with E-state index < -0.39 is 17.3 Å². The van der Waals surface area contributed by atoms with E-state index in [0.29, 0.717) is 12.1 Å².